The molecule has 0 aliphatic carbocycles. The van der Waals surface area contributed by atoms with Crippen LogP contribution in [0.5, 0.6) is 0 Å². The standard InChI is InChI=1S/C11H19N3O2S.BrH/c1-2-16-10(15)7-5-3-4-6-9-8-17-11(12)14-13-9;/h2-8H2,1H3,(H2,12,14);1H. The number of unbranched alkanes of at least 4 members (excludes halogenated alkanes) is 2. The number of carbonyl (C=O) groups excluding carboxylic acids is 1. The van der Waals surface area contributed by atoms with Crippen LogP contribution in [0.3, 0.4) is 0 Å². The number of esters is 1. The first-order chi connectivity index (χ1) is 8.22. The summed E-state index contributed by atoms with van der Waals surface area (Å²) >= 11 is 1.52. The van der Waals surface area contributed by atoms with E-state index in [4.69, 9.17) is 10.5 Å². The van der Waals surface area contributed by atoms with Gasteiger partial charge in [0.2, 0.25) is 0 Å². The molecule has 0 aromatic rings. The Kier molecular flexibility index (Phi) is 10.0. The maximum atomic E-state index is 11.1. The summed E-state index contributed by atoms with van der Waals surface area (Å²) in [5.74, 6) is 0.739. The number of nitrogens with zero attached hydrogens (tertiary/aromatic N) is 2. The molecule has 0 aromatic carbocycles. The molecule has 0 saturated heterocycles. The van der Waals surface area contributed by atoms with E-state index in [0.717, 1.165) is 37.1 Å². The summed E-state index contributed by atoms with van der Waals surface area (Å²) < 4.78 is 4.85. The van der Waals surface area contributed by atoms with E-state index in [1.54, 1.807) is 0 Å². The van der Waals surface area contributed by atoms with Crippen molar-refractivity contribution in [2.45, 2.75) is 39.0 Å². The number of ether oxygens (including phenoxy) is 1. The SMILES string of the molecule is Br.CCOC(=O)CCCCCC1=NN=C(N)SC1. The molecule has 0 unspecified atom stereocenters. The topological polar surface area (TPSA) is 77.0 Å². The van der Waals surface area contributed by atoms with Gasteiger partial charge >= 0.3 is 5.97 Å². The van der Waals surface area contributed by atoms with Gasteiger partial charge in [-0.25, -0.2) is 0 Å². The molecule has 104 valence electrons. The number of nitrogens with two attached hydrogens (primary N) is 1. The van der Waals surface area contributed by atoms with Crippen LogP contribution in [-0.4, -0.2) is 29.2 Å². The van der Waals surface area contributed by atoms with E-state index in [0.29, 0.717) is 18.2 Å². The fourth-order valence-electron chi connectivity index (χ4n) is 1.47. The van der Waals surface area contributed by atoms with Crippen molar-refractivity contribution in [3.05, 3.63) is 0 Å². The highest BCUT2D eigenvalue weighted by atomic mass is 79.9. The molecule has 1 aliphatic rings. The minimum absolute atomic E-state index is 0. The predicted octanol–water partition coefficient (Wildman–Crippen LogP) is 2.50. The van der Waals surface area contributed by atoms with Crippen molar-refractivity contribution in [2.75, 3.05) is 12.4 Å². The average Bonchev–Trinajstić information content (AvgIpc) is 2.31. The Bertz CT molecular complexity index is 321. The van der Waals surface area contributed by atoms with Gasteiger partial charge in [0.05, 0.1) is 12.3 Å². The van der Waals surface area contributed by atoms with Gasteiger partial charge in [0.15, 0.2) is 5.17 Å². The Morgan fingerprint density at radius 2 is 2.17 bits per heavy atom. The monoisotopic (exact) mass is 337 g/mol. The van der Waals surface area contributed by atoms with Crippen molar-refractivity contribution >= 4 is 45.6 Å². The number of hydrogen-bond acceptors (Lipinski definition) is 6. The molecule has 18 heavy (non-hydrogen) atoms. The smallest absolute Gasteiger partial charge is 0.305 e. The molecular formula is C11H20BrN3O2S. The van der Waals surface area contributed by atoms with Crippen molar-refractivity contribution in [3.8, 4) is 0 Å². The van der Waals surface area contributed by atoms with Crippen LogP contribution in [0.15, 0.2) is 10.2 Å². The number of thioether (sulfide) groups is 1. The highest BCUT2D eigenvalue weighted by Crippen LogP contribution is 2.12. The van der Waals surface area contributed by atoms with Gasteiger partial charge < -0.3 is 10.5 Å². The van der Waals surface area contributed by atoms with Gasteiger partial charge in [0.1, 0.15) is 0 Å². The highest BCUT2D eigenvalue weighted by molar-refractivity contribution is 8.93. The van der Waals surface area contributed by atoms with Crippen molar-refractivity contribution in [1.82, 2.24) is 0 Å². The van der Waals surface area contributed by atoms with E-state index in [9.17, 15) is 4.79 Å². The van der Waals surface area contributed by atoms with E-state index >= 15 is 0 Å². The number of hydrogen-bond donors (Lipinski definition) is 1. The zero-order valence-corrected chi connectivity index (χ0v) is 13.1. The first-order valence-electron chi connectivity index (χ1n) is 5.89. The van der Waals surface area contributed by atoms with E-state index in [1.807, 2.05) is 6.92 Å². The quantitative estimate of drug-likeness (QED) is 0.571. The molecule has 0 radical (unpaired) electrons. The van der Waals surface area contributed by atoms with E-state index in [2.05, 4.69) is 10.2 Å². The molecule has 1 aliphatic heterocycles. The third-order valence-electron chi connectivity index (χ3n) is 2.33. The van der Waals surface area contributed by atoms with Gasteiger partial charge in [-0.3, -0.25) is 4.79 Å². The lowest BCUT2D eigenvalue weighted by molar-refractivity contribution is -0.143. The maximum absolute atomic E-state index is 11.1. The van der Waals surface area contributed by atoms with Crippen molar-refractivity contribution in [1.29, 1.82) is 0 Å². The summed E-state index contributed by atoms with van der Waals surface area (Å²) in [7, 11) is 0. The summed E-state index contributed by atoms with van der Waals surface area (Å²) in [6.45, 7) is 2.29. The van der Waals surface area contributed by atoms with Crippen molar-refractivity contribution in [2.24, 2.45) is 15.9 Å². The van der Waals surface area contributed by atoms with Crippen LogP contribution in [-0.2, 0) is 9.53 Å². The second-order valence-corrected chi connectivity index (χ2v) is 4.75. The number of carbonyl (C=O) groups is 1. The van der Waals surface area contributed by atoms with Crippen LogP contribution in [0, 0.1) is 0 Å². The van der Waals surface area contributed by atoms with Gasteiger partial charge in [-0.2, -0.15) is 5.10 Å². The van der Waals surface area contributed by atoms with Gasteiger partial charge in [-0.05, 0) is 26.2 Å². The Morgan fingerprint density at radius 1 is 1.39 bits per heavy atom. The number of halogens is 1. The Labute approximate surface area is 122 Å². The lowest BCUT2D eigenvalue weighted by Gasteiger charge is -2.08. The molecule has 1 heterocycles. The molecule has 0 fully saturated rings. The fraction of sp³-hybridized carbons (Fsp3) is 0.727. The van der Waals surface area contributed by atoms with Crippen LogP contribution < -0.4 is 5.73 Å². The average molecular weight is 338 g/mol. The Balaban J connectivity index is 0.00000289. The van der Waals surface area contributed by atoms with Crippen LogP contribution >= 0.6 is 28.7 Å². The summed E-state index contributed by atoms with van der Waals surface area (Å²) in [6.07, 6.45) is 4.38. The number of amidine groups is 1. The molecule has 2 N–H and O–H groups in total. The van der Waals surface area contributed by atoms with Crippen molar-refractivity contribution in [3.63, 3.8) is 0 Å². The second-order valence-electron chi connectivity index (χ2n) is 3.76. The third kappa shape index (κ3) is 7.71. The summed E-state index contributed by atoms with van der Waals surface area (Å²) in [5.41, 5.74) is 6.57. The van der Waals surface area contributed by atoms with Gasteiger partial charge in [-0.15, -0.1) is 22.1 Å². The summed E-state index contributed by atoms with van der Waals surface area (Å²) in [5, 5.41) is 8.41. The van der Waals surface area contributed by atoms with Crippen LogP contribution in [0.2, 0.25) is 0 Å². The molecule has 0 amide bonds. The lowest BCUT2D eigenvalue weighted by atomic mass is 10.1. The molecule has 0 atom stereocenters. The first-order valence-corrected chi connectivity index (χ1v) is 6.88. The van der Waals surface area contributed by atoms with Gasteiger partial charge in [-0.1, -0.05) is 18.2 Å². The minimum atomic E-state index is -0.101. The molecule has 0 spiro atoms. The maximum Gasteiger partial charge on any atom is 0.305 e. The van der Waals surface area contributed by atoms with Gasteiger partial charge in [0.25, 0.3) is 0 Å². The van der Waals surface area contributed by atoms with E-state index in [1.165, 1.54) is 11.8 Å². The molecule has 1 rings (SSSR count). The third-order valence-corrected chi connectivity index (χ3v) is 3.18. The van der Waals surface area contributed by atoms with E-state index in [-0.39, 0.29) is 23.0 Å². The molecule has 0 saturated carbocycles. The van der Waals surface area contributed by atoms with Gasteiger partial charge in [0, 0.05) is 12.2 Å². The van der Waals surface area contributed by atoms with E-state index < -0.39 is 0 Å². The number of rotatable bonds is 7. The van der Waals surface area contributed by atoms with Crippen LogP contribution in [0.25, 0.3) is 0 Å². The van der Waals surface area contributed by atoms with Crippen molar-refractivity contribution < 1.29 is 9.53 Å². The second kappa shape index (κ2) is 10.4. The Hall–Kier alpha value is -0.560. The minimum Gasteiger partial charge on any atom is -0.466 e. The fourth-order valence-corrected chi connectivity index (χ4v) is 2.08. The highest BCUT2D eigenvalue weighted by Gasteiger charge is 2.07. The van der Waals surface area contributed by atoms with Crippen LogP contribution in [0.4, 0.5) is 0 Å². The molecular weight excluding hydrogens is 318 g/mol. The van der Waals surface area contributed by atoms with Crippen LogP contribution in [0.1, 0.15) is 39.0 Å². The normalized spacial score (nSPS) is 14.3. The molecule has 0 bridgehead atoms. The zero-order valence-electron chi connectivity index (χ0n) is 10.6. The first kappa shape index (κ1) is 17.4. The molecule has 7 heteroatoms. The summed E-state index contributed by atoms with van der Waals surface area (Å²) in [6, 6.07) is 0. The Morgan fingerprint density at radius 3 is 2.78 bits per heavy atom. The predicted molar refractivity (Wildman–Crippen MR) is 81.6 cm³/mol. The largest absolute Gasteiger partial charge is 0.466 e. The molecule has 5 nitrogen and oxygen atoms in total. The zero-order chi connectivity index (χ0) is 12.5. The molecule has 0 aromatic heterocycles. The summed E-state index contributed by atoms with van der Waals surface area (Å²) in [4.78, 5) is 11.1. The lowest BCUT2D eigenvalue weighted by Crippen LogP contribution is -2.15.